The van der Waals surface area contributed by atoms with Crippen LogP contribution < -0.4 is 5.32 Å². The summed E-state index contributed by atoms with van der Waals surface area (Å²) < 4.78 is 7.55. The molecule has 0 spiro atoms. The van der Waals surface area contributed by atoms with Crippen molar-refractivity contribution >= 4 is 40.2 Å². The third-order valence-corrected chi connectivity index (χ3v) is 4.50. The minimum atomic E-state index is -0.744. The molecule has 6 nitrogen and oxygen atoms in total. The summed E-state index contributed by atoms with van der Waals surface area (Å²) >= 11 is 12.2. The Morgan fingerprint density at radius 3 is 2.70 bits per heavy atom. The summed E-state index contributed by atoms with van der Waals surface area (Å²) in [5.74, 6) is 0.566. The second-order valence-electron chi connectivity index (χ2n) is 5.99. The summed E-state index contributed by atoms with van der Waals surface area (Å²) in [5, 5.41) is 23.7. The number of nitrogens with zero attached hydrogens (tertiary/aromatic N) is 2. The molecule has 1 fully saturated rings. The Morgan fingerprint density at radius 1 is 1.39 bits per heavy atom. The van der Waals surface area contributed by atoms with Crippen LogP contribution in [0, 0.1) is 0 Å². The van der Waals surface area contributed by atoms with E-state index in [0.29, 0.717) is 33.4 Å². The van der Waals surface area contributed by atoms with Crippen molar-refractivity contribution in [3.05, 3.63) is 22.2 Å². The number of imidazole rings is 1. The third kappa shape index (κ3) is 3.14. The number of hydrogen-bond donors (Lipinski definition) is 3. The molecule has 1 aliphatic rings. The topological polar surface area (TPSA) is 79.5 Å². The van der Waals surface area contributed by atoms with Gasteiger partial charge in [-0.05, 0) is 26.0 Å². The lowest BCUT2D eigenvalue weighted by molar-refractivity contribution is -0.0473. The fourth-order valence-corrected chi connectivity index (χ4v) is 3.10. The van der Waals surface area contributed by atoms with Gasteiger partial charge < -0.3 is 20.3 Å². The molecule has 0 aliphatic carbocycles. The zero-order valence-electron chi connectivity index (χ0n) is 12.8. The highest BCUT2D eigenvalue weighted by molar-refractivity contribution is 6.42. The number of anilines is 1. The summed E-state index contributed by atoms with van der Waals surface area (Å²) in [4.78, 5) is 4.54. The Labute approximate surface area is 144 Å². The summed E-state index contributed by atoms with van der Waals surface area (Å²) in [6.07, 6.45) is -1.42. The molecule has 3 atom stereocenters. The molecule has 2 aromatic rings. The summed E-state index contributed by atoms with van der Waals surface area (Å²) in [6, 6.07) is 3.54. The van der Waals surface area contributed by atoms with Crippen molar-refractivity contribution in [1.82, 2.24) is 9.55 Å². The van der Waals surface area contributed by atoms with Gasteiger partial charge >= 0.3 is 0 Å². The lowest BCUT2D eigenvalue weighted by Gasteiger charge is -2.21. The van der Waals surface area contributed by atoms with Gasteiger partial charge in [0.05, 0.1) is 33.8 Å². The number of aliphatic hydroxyl groups is 2. The Hall–Kier alpha value is -1.05. The van der Waals surface area contributed by atoms with Gasteiger partial charge in [0, 0.05) is 12.5 Å². The van der Waals surface area contributed by atoms with Crippen molar-refractivity contribution in [3.8, 4) is 0 Å². The van der Waals surface area contributed by atoms with E-state index < -0.39 is 18.4 Å². The average Bonchev–Trinajstić information content (AvgIpc) is 2.99. The van der Waals surface area contributed by atoms with Gasteiger partial charge in [0.15, 0.2) is 6.23 Å². The van der Waals surface area contributed by atoms with Crippen LogP contribution in [0.5, 0.6) is 0 Å². The maximum Gasteiger partial charge on any atom is 0.206 e. The van der Waals surface area contributed by atoms with E-state index in [-0.39, 0.29) is 12.6 Å². The molecule has 1 aromatic carbocycles. The fourth-order valence-electron chi connectivity index (χ4n) is 2.79. The number of nitrogens with one attached hydrogen (secondary N) is 1. The smallest absolute Gasteiger partial charge is 0.206 e. The van der Waals surface area contributed by atoms with Crippen LogP contribution >= 0.6 is 23.2 Å². The monoisotopic (exact) mass is 359 g/mol. The van der Waals surface area contributed by atoms with Crippen LogP contribution in [-0.2, 0) is 4.74 Å². The molecule has 1 saturated heterocycles. The molecule has 0 amide bonds. The Kier molecular flexibility index (Phi) is 4.71. The van der Waals surface area contributed by atoms with Crippen molar-refractivity contribution in [1.29, 1.82) is 0 Å². The maximum atomic E-state index is 10.3. The fraction of sp³-hybridized carbons (Fsp3) is 0.533. The molecule has 8 heteroatoms. The van der Waals surface area contributed by atoms with Crippen molar-refractivity contribution in [2.24, 2.45) is 0 Å². The van der Waals surface area contributed by atoms with Gasteiger partial charge in [-0.2, -0.15) is 0 Å². The van der Waals surface area contributed by atoms with Crippen molar-refractivity contribution in [2.45, 2.75) is 44.7 Å². The van der Waals surface area contributed by atoms with Crippen molar-refractivity contribution < 1.29 is 14.9 Å². The summed E-state index contributed by atoms with van der Waals surface area (Å²) in [5.41, 5.74) is 1.37. The number of aromatic nitrogens is 2. The first-order valence-corrected chi connectivity index (χ1v) is 8.24. The van der Waals surface area contributed by atoms with Gasteiger partial charge in [0.1, 0.15) is 6.10 Å². The highest BCUT2D eigenvalue weighted by atomic mass is 35.5. The Morgan fingerprint density at radius 2 is 2.09 bits per heavy atom. The molecular formula is C15H19Cl2N3O3. The number of halogens is 2. The second kappa shape index (κ2) is 6.45. The number of hydrogen-bond acceptors (Lipinski definition) is 5. The molecular weight excluding hydrogens is 341 g/mol. The maximum absolute atomic E-state index is 10.3. The van der Waals surface area contributed by atoms with Crippen molar-refractivity contribution in [2.75, 3.05) is 11.9 Å². The van der Waals surface area contributed by atoms with Crippen LogP contribution in [-0.4, -0.2) is 44.6 Å². The zero-order valence-corrected chi connectivity index (χ0v) is 14.3. The molecule has 3 rings (SSSR count). The van der Waals surface area contributed by atoms with Crippen LogP contribution in [0.3, 0.4) is 0 Å². The van der Waals surface area contributed by atoms with Gasteiger partial charge in [-0.15, -0.1) is 0 Å². The lowest BCUT2D eigenvalue weighted by Crippen LogP contribution is -2.23. The molecule has 0 unspecified atom stereocenters. The Bertz CT molecular complexity index is 720. The second-order valence-corrected chi connectivity index (χ2v) is 6.81. The molecule has 23 heavy (non-hydrogen) atoms. The first-order valence-electron chi connectivity index (χ1n) is 7.48. The van der Waals surface area contributed by atoms with Crippen LogP contribution in [0.4, 0.5) is 5.95 Å². The summed E-state index contributed by atoms with van der Waals surface area (Å²) in [7, 11) is 0. The molecule has 0 saturated carbocycles. The minimum Gasteiger partial charge on any atom is -0.394 e. The molecule has 0 bridgehead atoms. The van der Waals surface area contributed by atoms with Gasteiger partial charge in [-0.1, -0.05) is 23.2 Å². The number of aliphatic hydroxyl groups excluding tert-OH is 2. The van der Waals surface area contributed by atoms with E-state index in [9.17, 15) is 10.2 Å². The number of fused-ring (bicyclic) bond motifs is 1. The van der Waals surface area contributed by atoms with Crippen LogP contribution in [0.15, 0.2) is 12.1 Å². The van der Waals surface area contributed by atoms with Crippen LogP contribution in [0.2, 0.25) is 10.0 Å². The van der Waals surface area contributed by atoms with Gasteiger partial charge in [-0.3, -0.25) is 4.57 Å². The lowest BCUT2D eigenvalue weighted by atomic mass is 10.2. The number of benzene rings is 1. The van der Waals surface area contributed by atoms with Gasteiger partial charge in [0.25, 0.3) is 0 Å². The van der Waals surface area contributed by atoms with Gasteiger partial charge in [0.2, 0.25) is 5.95 Å². The standard InChI is InChI=1S/C15H19Cl2N3O3/c1-7(2)18-15-19-11-4-9(16)10(17)5-12(11)20(15)14-13(22)3-8(6-21)23-14/h4-5,7-8,13-14,21-22H,3,6H2,1-2H3,(H,18,19)/t8-,13+,14+/m0/s1. The first-order chi connectivity index (χ1) is 10.9. The number of ether oxygens (including phenoxy) is 1. The first kappa shape index (κ1) is 16.8. The summed E-state index contributed by atoms with van der Waals surface area (Å²) in [6.45, 7) is 3.85. The molecule has 0 radical (unpaired) electrons. The van der Waals surface area contributed by atoms with Crippen LogP contribution in [0.1, 0.15) is 26.5 Å². The predicted molar refractivity (Wildman–Crippen MR) is 90.1 cm³/mol. The van der Waals surface area contributed by atoms with E-state index >= 15 is 0 Å². The normalized spacial score (nSPS) is 24.7. The highest BCUT2D eigenvalue weighted by Crippen LogP contribution is 2.37. The highest BCUT2D eigenvalue weighted by Gasteiger charge is 2.37. The van der Waals surface area contributed by atoms with E-state index in [0.717, 1.165) is 0 Å². The third-order valence-electron chi connectivity index (χ3n) is 3.77. The van der Waals surface area contributed by atoms with E-state index in [1.165, 1.54) is 0 Å². The predicted octanol–water partition coefficient (Wildman–Crippen LogP) is 2.80. The van der Waals surface area contributed by atoms with E-state index in [1.807, 2.05) is 13.8 Å². The van der Waals surface area contributed by atoms with Crippen molar-refractivity contribution in [3.63, 3.8) is 0 Å². The zero-order chi connectivity index (χ0) is 16.7. The Balaban J connectivity index is 2.14. The number of rotatable bonds is 4. The molecule has 3 N–H and O–H groups in total. The van der Waals surface area contributed by atoms with Gasteiger partial charge in [-0.25, -0.2) is 4.98 Å². The molecule has 126 valence electrons. The van der Waals surface area contributed by atoms with E-state index in [2.05, 4.69) is 10.3 Å². The SMILES string of the molecule is CC(C)Nc1nc2cc(Cl)c(Cl)cc2n1[C@@H]1O[C@H](CO)C[C@H]1O. The van der Waals surface area contributed by atoms with E-state index in [4.69, 9.17) is 27.9 Å². The van der Waals surface area contributed by atoms with Crippen LogP contribution in [0.25, 0.3) is 11.0 Å². The van der Waals surface area contributed by atoms with E-state index in [1.54, 1.807) is 16.7 Å². The quantitative estimate of drug-likeness (QED) is 0.782. The largest absolute Gasteiger partial charge is 0.394 e. The molecule has 2 heterocycles. The molecule has 1 aromatic heterocycles. The average molecular weight is 360 g/mol. The molecule has 1 aliphatic heterocycles. The minimum absolute atomic E-state index is 0.139.